The van der Waals surface area contributed by atoms with Gasteiger partial charge in [-0.15, -0.1) is 0 Å². The van der Waals surface area contributed by atoms with Gasteiger partial charge < -0.3 is 15.4 Å². The van der Waals surface area contributed by atoms with Crippen LogP contribution in [0.15, 0.2) is 97.5 Å². The number of amides is 3. The molecule has 1 atom stereocenters. The van der Waals surface area contributed by atoms with Crippen molar-refractivity contribution in [2.75, 3.05) is 17.3 Å². The molecule has 0 aliphatic carbocycles. The van der Waals surface area contributed by atoms with E-state index in [1.807, 2.05) is 30.3 Å². The lowest BCUT2D eigenvalue weighted by molar-refractivity contribution is -0.122. The lowest BCUT2D eigenvalue weighted by Crippen LogP contribution is -2.44. The fourth-order valence-corrected chi connectivity index (χ4v) is 3.91. The number of anilines is 2. The molecule has 0 spiro atoms. The normalized spacial score (nSPS) is 11.2. The summed E-state index contributed by atoms with van der Waals surface area (Å²) in [4.78, 5) is 48.8. The van der Waals surface area contributed by atoms with Crippen molar-refractivity contribution < 1.29 is 19.1 Å². The molecule has 0 saturated heterocycles. The average Bonchev–Trinajstić information content (AvgIpc) is 2.95. The molecule has 0 fully saturated rings. The zero-order chi connectivity index (χ0) is 26.9. The Labute approximate surface area is 220 Å². The van der Waals surface area contributed by atoms with E-state index in [2.05, 4.69) is 20.6 Å². The first-order valence-corrected chi connectivity index (χ1v) is 11.9. The highest BCUT2D eigenvalue weighted by Crippen LogP contribution is 2.31. The summed E-state index contributed by atoms with van der Waals surface area (Å²) in [5.41, 5.74) is 2.56. The van der Waals surface area contributed by atoms with E-state index < -0.39 is 11.9 Å². The molecule has 9 heteroatoms. The summed E-state index contributed by atoms with van der Waals surface area (Å²) in [7, 11) is 1.56. The fraction of sp³-hybridized carbons (Fsp3) is 0.138. The third kappa shape index (κ3) is 6.38. The van der Waals surface area contributed by atoms with Crippen molar-refractivity contribution in [2.24, 2.45) is 0 Å². The van der Waals surface area contributed by atoms with E-state index in [0.29, 0.717) is 22.7 Å². The maximum absolute atomic E-state index is 13.9. The third-order valence-corrected chi connectivity index (χ3v) is 5.71. The molecule has 3 amide bonds. The summed E-state index contributed by atoms with van der Waals surface area (Å²) in [5, 5.41) is 5.67. The van der Waals surface area contributed by atoms with Gasteiger partial charge in [-0.1, -0.05) is 42.5 Å². The molecule has 38 heavy (non-hydrogen) atoms. The highest BCUT2D eigenvalue weighted by molar-refractivity contribution is 6.09. The molecule has 2 N–H and O–H groups in total. The van der Waals surface area contributed by atoms with E-state index in [4.69, 9.17) is 4.74 Å². The summed E-state index contributed by atoms with van der Waals surface area (Å²) in [6.07, 6.45) is 4.24. The number of methoxy groups -OCH3 is 1. The van der Waals surface area contributed by atoms with Crippen LogP contribution in [0.4, 0.5) is 11.4 Å². The largest absolute Gasteiger partial charge is 0.497 e. The number of carbonyl (C=O) groups is 3. The molecule has 192 valence electrons. The van der Waals surface area contributed by atoms with Crippen molar-refractivity contribution in [1.29, 1.82) is 0 Å². The number of nitrogens with zero attached hydrogens (tertiary/aromatic N) is 3. The molecule has 3 aromatic carbocycles. The molecule has 0 radical (unpaired) electrons. The molecule has 1 unspecified atom stereocenters. The van der Waals surface area contributed by atoms with Crippen LogP contribution in [0.3, 0.4) is 0 Å². The lowest BCUT2D eigenvalue weighted by atomic mass is 10.0. The van der Waals surface area contributed by atoms with E-state index in [0.717, 1.165) is 5.56 Å². The van der Waals surface area contributed by atoms with Gasteiger partial charge in [0.1, 0.15) is 17.5 Å². The van der Waals surface area contributed by atoms with E-state index in [1.165, 1.54) is 30.4 Å². The summed E-state index contributed by atoms with van der Waals surface area (Å²) >= 11 is 0. The minimum Gasteiger partial charge on any atom is -0.497 e. The molecule has 0 bridgehead atoms. The number of nitrogens with one attached hydrogen (secondary N) is 2. The smallest absolute Gasteiger partial charge is 0.279 e. The lowest BCUT2D eigenvalue weighted by Gasteiger charge is -2.31. The Hall–Kier alpha value is -5.05. The van der Waals surface area contributed by atoms with Gasteiger partial charge in [-0.2, -0.15) is 0 Å². The number of aromatic nitrogens is 2. The second-order valence-electron chi connectivity index (χ2n) is 8.37. The molecule has 1 heterocycles. The molecule has 1 aromatic heterocycles. The summed E-state index contributed by atoms with van der Waals surface area (Å²) in [5.74, 6) is -0.506. The molecular weight excluding hydrogens is 482 g/mol. The number of ether oxygens (including phenoxy) is 1. The van der Waals surface area contributed by atoms with Gasteiger partial charge in [0.05, 0.1) is 13.3 Å². The summed E-state index contributed by atoms with van der Waals surface area (Å²) < 4.78 is 5.29. The Morgan fingerprint density at radius 2 is 1.63 bits per heavy atom. The Kier molecular flexibility index (Phi) is 8.40. The van der Waals surface area contributed by atoms with E-state index in [1.54, 1.807) is 55.6 Å². The quantitative estimate of drug-likeness (QED) is 0.351. The third-order valence-electron chi connectivity index (χ3n) is 5.71. The number of hydrogen-bond acceptors (Lipinski definition) is 6. The van der Waals surface area contributed by atoms with Crippen molar-refractivity contribution in [2.45, 2.75) is 19.5 Å². The van der Waals surface area contributed by atoms with Crippen LogP contribution in [0, 0.1) is 0 Å². The first kappa shape index (κ1) is 26.0. The zero-order valence-electron chi connectivity index (χ0n) is 21.0. The number of rotatable bonds is 9. The van der Waals surface area contributed by atoms with E-state index in [9.17, 15) is 14.4 Å². The Morgan fingerprint density at radius 3 is 2.24 bits per heavy atom. The van der Waals surface area contributed by atoms with Crippen molar-refractivity contribution in [1.82, 2.24) is 15.3 Å². The van der Waals surface area contributed by atoms with Gasteiger partial charge in [0.25, 0.3) is 5.91 Å². The van der Waals surface area contributed by atoms with Gasteiger partial charge in [-0.05, 0) is 47.5 Å². The van der Waals surface area contributed by atoms with Crippen LogP contribution in [0.5, 0.6) is 5.75 Å². The molecule has 0 aliphatic heterocycles. The van der Waals surface area contributed by atoms with Crippen LogP contribution in [0.25, 0.3) is 0 Å². The van der Waals surface area contributed by atoms with Crippen LogP contribution in [0.1, 0.15) is 34.6 Å². The van der Waals surface area contributed by atoms with Crippen LogP contribution < -0.4 is 20.3 Å². The van der Waals surface area contributed by atoms with Gasteiger partial charge in [-0.3, -0.25) is 24.3 Å². The van der Waals surface area contributed by atoms with E-state index >= 15 is 0 Å². The van der Waals surface area contributed by atoms with Gasteiger partial charge in [0, 0.05) is 37.2 Å². The first-order valence-electron chi connectivity index (χ1n) is 11.9. The number of hydrogen-bond donors (Lipinski definition) is 2. The number of benzene rings is 3. The monoisotopic (exact) mass is 509 g/mol. The summed E-state index contributed by atoms with van der Waals surface area (Å²) in [6.45, 7) is 1.69. The Balaban J connectivity index is 1.78. The van der Waals surface area contributed by atoms with Crippen LogP contribution >= 0.6 is 0 Å². The second kappa shape index (κ2) is 12.3. The van der Waals surface area contributed by atoms with Crippen molar-refractivity contribution in [3.05, 3.63) is 114 Å². The highest BCUT2D eigenvalue weighted by Gasteiger charge is 2.34. The molecule has 0 aliphatic rings. The van der Waals surface area contributed by atoms with Crippen molar-refractivity contribution in [3.8, 4) is 5.75 Å². The van der Waals surface area contributed by atoms with Gasteiger partial charge in [0.15, 0.2) is 0 Å². The predicted octanol–water partition coefficient (Wildman–Crippen LogP) is 4.15. The zero-order valence-corrected chi connectivity index (χ0v) is 21.0. The molecule has 4 rings (SSSR count). The molecule has 0 saturated carbocycles. The highest BCUT2D eigenvalue weighted by atomic mass is 16.5. The molecular formula is C29H27N5O4. The maximum Gasteiger partial charge on any atom is 0.279 e. The molecule has 9 nitrogen and oxygen atoms in total. The van der Waals surface area contributed by atoms with Crippen LogP contribution in [0.2, 0.25) is 0 Å². The summed E-state index contributed by atoms with van der Waals surface area (Å²) in [6, 6.07) is 22.1. The van der Waals surface area contributed by atoms with Crippen molar-refractivity contribution in [3.63, 3.8) is 0 Å². The van der Waals surface area contributed by atoms with Crippen LogP contribution in [-0.4, -0.2) is 34.8 Å². The maximum atomic E-state index is 13.9. The standard InChI is InChI=1S/C29H27N5O4/c1-20(35)33-23-10-12-24(13-11-23)34(29(37)26-19-30-16-17-31-26)27(22-8-14-25(38-2)15-9-22)28(36)32-18-21-6-4-3-5-7-21/h3-17,19,27H,18H2,1-2H3,(H,32,36)(H,33,35). The minimum absolute atomic E-state index is 0.0767. The first-order chi connectivity index (χ1) is 18.5. The van der Waals surface area contributed by atoms with Crippen molar-refractivity contribution >= 4 is 29.1 Å². The van der Waals surface area contributed by atoms with E-state index in [-0.39, 0.29) is 24.1 Å². The Bertz CT molecular complexity index is 1380. The molecule has 4 aromatic rings. The van der Waals surface area contributed by atoms with Crippen LogP contribution in [-0.2, 0) is 16.1 Å². The topological polar surface area (TPSA) is 114 Å². The number of carbonyl (C=O) groups excluding carboxylic acids is 3. The van der Waals surface area contributed by atoms with Gasteiger partial charge in [-0.25, -0.2) is 4.98 Å². The SMILES string of the molecule is COc1ccc(C(C(=O)NCc2ccccc2)N(C(=O)c2cnccn2)c2ccc(NC(C)=O)cc2)cc1. The second-order valence-corrected chi connectivity index (χ2v) is 8.37. The van der Waals surface area contributed by atoms with Gasteiger partial charge >= 0.3 is 0 Å². The average molecular weight is 510 g/mol. The predicted molar refractivity (Wildman–Crippen MR) is 144 cm³/mol. The van der Waals surface area contributed by atoms with Gasteiger partial charge in [0.2, 0.25) is 11.8 Å². The minimum atomic E-state index is -1.05. The fourth-order valence-electron chi connectivity index (χ4n) is 3.91. The Morgan fingerprint density at radius 1 is 0.921 bits per heavy atom.